The van der Waals surface area contributed by atoms with Gasteiger partial charge in [0.15, 0.2) is 0 Å². The maximum absolute atomic E-state index is 12.1. The smallest absolute Gasteiger partial charge is 0.240 e. The Labute approximate surface area is 106 Å². The fourth-order valence-corrected chi connectivity index (χ4v) is 2.38. The highest BCUT2D eigenvalue weighted by Gasteiger charge is 2.36. The molecule has 1 saturated heterocycles. The summed E-state index contributed by atoms with van der Waals surface area (Å²) in [5, 5.41) is 6.44. The second kappa shape index (κ2) is 6.39. The van der Waals surface area contributed by atoms with Gasteiger partial charge < -0.3 is 10.6 Å². The average Bonchev–Trinajstić information content (AvgIpc) is 2.66. The molecule has 2 unspecified atom stereocenters. The number of hydrogen-bond acceptors (Lipinski definition) is 2. The molecule has 1 fully saturated rings. The summed E-state index contributed by atoms with van der Waals surface area (Å²) in [4.78, 5) is 12.1. The van der Waals surface area contributed by atoms with Gasteiger partial charge in [0, 0.05) is 6.04 Å². The van der Waals surface area contributed by atoms with Gasteiger partial charge in [0.05, 0.1) is 5.54 Å². The molecular formula is C14H28N2O. The Kier molecular flexibility index (Phi) is 5.44. The number of nitrogens with one attached hydrogen (secondary N) is 2. The molecule has 0 bridgehead atoms. The third-order valence-corrected chi connectivity index (χ3v) is 3.67. The van der Waals surface area contributed by atoms with Crippen LogP contribution < -0.4 is 10.6 Å². The standard InChI is InChI=1S/C14H28N2O/c1-11(2)7-5-8-12(3)16-13(17)14(4)9-6-10-15-14/h11-12,15H,5-10H2,1-4H3,(H,16,17). The van der Waals surface area contributed by atoms with Crippen LogP contribution in [0.3, 0.4) is 0 Å². The van der Waals surface area contributed by atoms with E-state index in [1.165, 1.54) is 12.8 Å². The van der Waals surface area contributed by atoms with Crippen LogP contribution in [0.25, 0.3) is 0 Å². The van der Waals surface area contributed by atoms with Crippen molar-refractivity contribution in [2.24, 2.45) is 5.92 Å². The Balaban J connectivity index is 2.25. The molecule has 0 aliphatic carbocycles. The molecule has 2 N–H and O–H groups in total. The van der Waals surface area contributed by atoms with Crippen LogP contribution in [-0.4, -0.2) is 24.0 Å². The van der Waals surface area contributed by atoms with Gasteiger partial charge in [-0.05, 0) is 45.6 Å². The third-order valence-electron chi connectivity index (χ3n) is 3.67. The van der Waals surface area contributed by atoms with Crippen LogP contribution in [0.15, 0.2) is 0 Å². The lowest BCUT2D eigenvalue weighted by Crippen LogP contribution is -2.53. The van der Waals surface area contributed by atoms with Crippen molar-refractivity contribution >= 4 is 5.91 Å². The Morgan fingerprint density at radius 3 is 2.59 bits per heavy atom. The molecule has 3 nitrogen and oxygen atoms in total. The molecule has 3 heteroatoms. The van der Waals surface area contributed by atoms with Crippen LogP contribution in [0.5, 0.6) is 0 Å². The minimum Gasteiger partial charge on any atom is -0.352 e. The van der Waals surface area contributed by atoms with Crippen LogP contribution in [0, 0.1) is 5.92 Å². The fraction of sp³-hybridized carbons (Fsp3) is 0.929. The normalized spacial score (nSPS) is 26.2. The zero-order chi connectivity index (χ0) is 12.9. The van der Waals surface area contributed by atoms with Crippen molar-refractivity contribution in [3.05, 3.63) is 0 Å². The van der Waals surface area contributed by atoms with Gasteiger partial charge in [-0.1, -0.05) is 26.7 Å². The van der Waals surface area contributed by atoms with Gasteiger partial charge in [-0.2, -0.15) is 0 Å². The lowest BCUT2D eigenvalue weighted by molar-refractivity contribution is -0.127. The van der Waals surface area contributed by atoms with Crippen LogP contribution in [0.1, 0.15) is 59.8 Å². The molecule has 0 aromatic carbocycles. The van der Waals surface area contributed by atoms with Crippen LogP contribution >= 0.6 is 0 Å². The van der Waals surface area contributed by atoms with Gasteiger partial charge in [-0.25, -0.2) is 0 Å². The molecular weight excluding hydrogens is 212 g/mol. The maximum atomic E-state index is 12.1. The summed E-state index contributed by atoms with van der Waals surface area (Å²) in [6.07, 6.45) is 5.59. The molecule has 0 radical (unpaired) electrons. The second-order valence-electron chi connectivity index (χ2n) is 6.06. The van der Waals surface area contributed by atoms with Gasteiger partial charge in [0.2, 0.25) is 5.91 Å². The predicted molar refractivity (Wildman–Crippen MR) is 71.9 cm³/mol. The van der Waals surface area contributed by atoms with E-state index < -0.39 is 0 Å². The summed E-state index contributed by atoms with van der Waals surface area (Å²) < 4.78 is 0. The Hall–Kier alpha value is -0.570. The van der Waals surface area contributed by atoms with E-state index in [1.807, 2.05) is 6.92 Å². The minimum atomic E-state index is -0.327. The summed E-state index contributed by atoms with van der Waals surface area (Å²) in [5.41, 5.74) is -0.327. The number of amides is 1. The molecule has 1 amide bonds. The molecule has 1 aliphatic heterocycles. The lowest BCUT2D eigenvalue weighted by atomic mass is 9.98. The van der Waals surface area contributed by atoms with Crippen LogP contribution in [0.4, 0.5) is 0 Å². The maximum Gasteiger partial charge on any atom is 0.240 e. The molecule has 1 aliphatic rings. The summed E-state index contributed by atoms with van der Waals surface area (Å²) in [7, 11) is 0. The topological polar surface area (TPSA) is 41.1 Å². The van der Waals surface area contributed by atoms with E-state index in [0.717, 1.165) is 31.7 Å². The van der Waals surface area contributed by atoms with E-state index in [4.69, 9.17) is 0 Å². The van der Waals surface area contributed by atoms with Crippen molar-refractivity contribution in [1.82, 2.24) is 10.6 Å². The summed E-state index contributed by atoms with van der Waals surface area (Å²) in [5.74, 6) is 0.930. The molecule has 0 aromatic rings. The van der Waals surface area contributed by atoms with E-state index in [1.54, 1.807) is 0 Å². The first-order valence-electron chi connectivity index (χ1n) is 7.00. The SMILES string of the molecule is CC(C)CCCC(C)NC(=O)C1(C)CCCN1. The molecule has 17 heavy (non-hydrogen) atoms. The van der Waals surface area contributed by atoms with Crippen molar-refractivity contribution in [3.8, 4) is 0 Å². The van der Waals surface area contributed by atoms with E-state index >= 15 is 0 Å². The predicted octanol–water partition coefficient (Wildman–Crippen LogP) is 2.46. The van der Waals surface area contributed by atoms with E-state index in [0.29, 0.717) is 6.04 Å². The molecule has 100 valence electrons. The molecule has 0 spiro atoms. The molecule has 1 rings (SSSR count). The van der Waals surface area contributed by atoms with Gasteiger partial charge in [-0.15, -0.1) is 0 Å². The molecule has 1 heterocycles. The number of rotatable bonds is 6. The van der Waals surface area contributed by atoms with Gasteiger partial charge >= 0.3 is 0 Å². The van der Waals surface area contributed by atoms with Crippen LogP contribution in [-0.2, 0) is 4.79 Å². The van der Waals surface area contributed by atoms with E-state index in [2.05, 4.69) is 31.4 Å². The highest BCUT2D eigenvalue weighted by molar-refractivity contribution is 5.86. The highest BCUT2D eigenvalue weighted by atomic mass is 16.2. The highest BCUT2D eigenvalue weighted by Crippen LogP contribution is 2.19. The summed E-state index contributed by atoms with van der Waals surface area (Å²) in [6, 6.07) is 0.292. The monoisotopic (exact) mass is 240 g/mol. The Morgan fingerprint density at radius 1 is 1.35 bits per heavy atom. The van der Waals surface area contributed by atoms with Crippen molar-refractivity contribution < 1.29 is 4.79 Å². The zero-order valence-corrected chi connectivity index (χ0v) is 11.8. The minimum absolute atomic E-state index is 0.173. The van der Waals surface area contributed by atoms with Crippen molar-refractivity contribution in [2.75, 3.05) is 6.54 Å². The average molecular weight is 240 g/mol. The second-order valence-corrected chi connectivity index (χ2v) is 6.06. The van der Waals surface area contributed by atoms with Gasteiger partial charge in [0.1, 0.15) is 0 Å². The zero-order valence-electron chi connectivity index (χ0n) is 11.8. The lowest BCUT2D eigenvalue weighted by Gasteiger charge is -2.25. The summed E-state index contributed by atoms with van der Waals surface area (Å²) in [6.45, 7) is 9.57. The van der Waals surface area contributed by atoms with Crippen molar-refractivity contribution in [2.45, 2.75) is 71.4 Å². The Bertz CT molecular complexity index is 245. The number of carbonyl (C=O) groups excluding carboxylic acids is 1. The largest absolute Gasteiger partial charge is 0.352 e. The fourth-order valence-electron chi connectivity index (χ4n) is 2.38. The van der Waals surface area contributed by atoms with E-state index in [-0.39, 0.29) is 11.4 Å². The first kappa shape index (κ1) is 14.5. The third kappa shape index (κ3) is 4.66. The first-order valence-corrected chi connectivity index (χ1v) is 7.00. The van der Waals surface area contributed by atoms with Gasteiger partial charge in [0.25, 0.3) is 0 Å². The van der Waals surface area contributed by atoms with Crippen molar-refractivity contribution in [3.63, 3.8) is 0 Å². The van der Waals surface area contributed by atoms with Gasteiger partial charge in [-0.3, -0.25) is 4.79 Å². The Morgan fingerprint density at radius 2 is 2.06 bits per heavy atom. The first-order chi connectivity index (χ1) is 7.94. The van der Waals surface area contributed by atoms with E-state index in [9.17, 15) is 4.79 Å². The molecule has 0 saturated carbocycles. The van der Waals surface area contributed by atoms with Crippen molar-refractivity contribution in [1.29, 1.82) is 0 Å². The quantitative estimate of drug-likeness (QED) is 0.749. The van der Waals surface area contributed by atoms with Crippen LogP contribution in [0.2, 0.25) is 0 Å². The summed E-state index contributed by atoms with van der Waals surface area (Å²) >= 11 is 0. The molecule has 2 atom stereocenters. The number of carbonyl (C=O) groups is 1. The number of hydrogen-bond donors (Lipinski definition) is 2. The molecule has 0 aromatic heterocycles.